The van der Waals surface area contributed by atoms with Gasteiger partial charge < -0.3 is 5.73 Å². The lowest BCUT2D eigenvalue weighted by atomic mass is 10.2. The molecule has 0 aromatic heterocycles. The summed E-state index contributed by atoms with van der Waals surface area (Å²) in [6, 6.07) is 0.0434. The third-order valence-electron chi connectivity index (χ3n) is 3.18. The van der Waals surface area contributed by atoms with Gasteiger partial charge in [0.25, 0.3) is 10.2 Å². The first-order valence-electron chi connectivity index (χ1n) is 6.84. The fraction of sp³-hybridized carbons (Fsp3) is 1.00. The Morgan fingerprint density at radius 2 is 1.78 bits per heavy atom. The lowest BCUT2D eigenvalue weighted by molar-refractivity contribution is 0.295. The fourth-order valence-corrected chi connectivity index (χ4v) is 3.37. The molecule has 0 aromatic rings. The van der Waals surface area contributed by atoms with Gasteiger partial charge in [-0.2, -0.15) is 17.0 Å². The SMILES string of the molecule is CCCCN(C(C)CC)S(=O)(=O)N(C)CCCN. The summed E-state index contributed by atoms with van der Waals surface area (Å²) in [5.74, 6) is 0. The number of hydrogen-bond donors (Lipinski definition) is 1. The topological polar surface area (TPSA) is 66.6 Å². The molecule has 18 heavy (non-hydrogen) atoms. The standard InChI is InChI=1S/C12H29N3O2S/c1-5-7-11-15(12(3)6-2)18(16,17)14(4)10-8-9-13/h12H,5-11,13H2,1-4H3. The van der Waals surface area contributed by atoms with E-state index in [1.807, 2.05) is 13.8 Å². The molecule has 1 atom stereocenters. The third-order valence-corrected chi connectivity index (χ3v) is 5.29. The summed E-state index contributed by atoms with van der Waals surface area (Å²) in [5, 5.41) is 0. The molecule has 0 aliphatic heterocycles. The largest absolute Gasteiger partial charge is 0.330 e. The van der Waals surface area contributed by atoms with Crippen LogP contribution in [0.25, 0.3) is 0 Å². The van der Waals surface area contributed by atoms with E-state index in [9.17, 15) is 8.42 Å². The maximum atomic E-state index is 12.5. The van der Waals surface area contributed by atoms with E-state index in [1.54, 1.807) is 11.4 Å². The highest BCUT2D eigenvalue weighted by Crippen LogP contribution is 2.15. The zero-order valence-electron chi connectivity index (χ0n) is 12.2. The summed E-state index contributed by atoms with van der Waals surface area (Å²) in [4.78, 5) is 0. The highest BCUT2D eigenvalue weighted by atomic mass is 32.2. The Hall–Kier alpha value is -0.170. The van der Waals surface area contributed by atoms with Crippen molar-refractivity contribution in [2.24, 2.45) is 5.73 Å². The van der Waals surface area contributed by atoms with E-state index in [1.165, 1.54) is 4.31 Å². The average molecular weight is 279 g/mol. The average Bonchev–Trinajstić information content (AvgIpc) is 2.35. The van der Waals surface area contributed by atoms with Gasteiger partial charge in [0.15, 0.2) is 0 Å². The molecule has 0 rings (SSSR count). The molecular formula is C12H29N3O2S. The van der Waals surface area contributed by atoms with Crippen molar-refractivity contribution in [3.05, 3.63) is 0 Å². The van der Waals surface area contributed by atoms with E-state index in [2.05, 4.69) is 6.92 Å². The zero-order valence-corrected chi connectivity index (χ0v) is 13.0. The van der Waals surface area contributed by atoms with Crippen molar-refractivity contribution in [1.29, 1.82) is 0 Å². The Bertz CT molecular complexity index is 306. The molecule has 0 saturated carbocycles. The monoisotopic (exact) mass is 279 g/mol. The maximum Gasteiger partial charge on any atom is 0.281 e. The maximum absolute atomic E-state index is 12.5. The smallest absolute Gasteiger partial charge is 0.281 e. The number of rotatable bonds is 10. The Labute approximate surface area is 113 Å². The van der Waals surface area contributed by atoms with Crippen molar-refractivity contribution in [1.82, 2.24) is 8.61 Å². The minimum atomic E-state index is -3.35. The summed E-state index contributed by atoms with van der Waals surface area (Å²) >= 11 is 0. The summed E-state index contributed by atoms with van der Waals surface area (Å²) in [6.45, 7) is 7.64. The van der Waals surface area contributed by atoms with Crippen LogP contribution in [-0.4, -0.2) is 49.8 Å². The predicted octanol–water partition coefficient (Wildman–Crippen LogP) is 1.41. The van der Waals surface area contributed by atoms with E-state index in [4.69, 9.17) is 5.73 Å². The van der Waals surface area contributed by atoms with Gasteiger partial charge in [-0.25, -0.2) is 0 Å². The van der Waals surface area contributed by atoms with Crippen molar-refractivity contribution >= 4 is 10.2 Å². The van der Waals surface area contributed by atoms with Crippen LogP contribution in [0.3, 0.4) is 0 Å². The number of unbranched alkanes of at least 4 members (excludes halogenated alkanes) is 1. The van der Waals surface area contributed by atoms with Crippen molar-refractivity contribution in [3.63, 3.8) is 0 Å². The number of nitrogens with zero attached hydrogens (tertiary/aromatic N) is 2. The molecule has 0 spiro atoms. The molecule has 0 radical (unpaired) electrons. The molecule has 5 nitrogen and oxygen atoms in total. The summed E-state index contributed by atoms with van der Waals surface area (Å²) < 4.78 is 27.9. The Balaban J connectivity index is 4.83. The van der Waals surface area contributed by atoms with Crippen LogP contribution in [0.4, 0.5) is 0 Å². The summed E-state index contributed by atoms with van der Waals surface area (Å²) in [6.07, 6.45) is 3.41. The summed E-state index contributed by atoms with van der Waals surface area (Å²) in [7, 11) is -1.71. The van der Waals surface area contributed by atoms with Crippen LogP contribution in [-0.2, 0) is 10.2 Å². The van der Waals surface area contributed by atoms with Gasteiger partial charge in [0.2, 0.25) is 0 Å². The molecular weight excluding hydrogens is 250 g/mol. The van der Waals surface area contributed by atoms with Crippen molar-refractivity contribution in [2.75, 3.05) is 26.7 Å². The van der Waals surface area contributed by atoms with Gasteiger partial charge in [-0.05, 0) is 32.7 Å². The van der Waals surface area contributed by atoms with Crippen LogP contribution in [0.2, 0.25) is 0 Å². The van der Waals surface area contributed by atoms with Gasteiger partial charge in [-0.1, -0.05) is 20.3 Å². The van der Waals surface area contributed by atoms with E-state index < -0.39 is 10.2 Å². The third kappa shape index (κ3) is 5.22. The quantitative estimate of drug-likeness (QED) is 0.657. The highest BCUT2D eigenvalue weighted by Gasteiger charge is 2.29. The molecule has 0 aliphatic carbocycles. The Morgan fingerprint density at radius 1 is 1.17 bits per heavy atom. The summed E-state index contributed by atoms with van der Waals surface area (Å²) in [5.41, 5.74) is 5.43. The van der Waals surface area contributed by atoms with Crippen molar-refractivity contribution < 1.29 is 8.42 Å². The Kier molecular flexibility index (Phi) is 8.77. The van der Waals surface area contributed by atoms with Gasteiger partial charge in [0.05, 0.1) is 0 Å². The van der Waals surface area contributed by atoms with E-state index in [0.717, 1.165) is 19.3 Å². The van der Waals surface area contributed by atoms with Crippen LogP contribution in [0.5, 0.6) is 0 Å². The van der Waals surface area contributed by atoms with Gasteiger partial charge >= 0.3 is 0 Å². The lowest BCUT2D eigenvalue weighted by Crippen LogP contribution is -2.47. The minimum absolute atomic E-state index is 0.0434. The molecule has 0 aliphatic rings. The van der Waals surface area contributed by atoms with Crippen LogP contribution in [0.15, 0.2) is 0 Å². The lowest BCUT2D eigenvalue weighted by Gasteiger charge is -2.31. The van der Waals surface area contributed by atoms with E-state index >= 15 is 0 Å². The first-order valence-corrected chi connectivity index (χ1v) is 8.24. The van der Waals surface area contributed by atoms with Crippen molar-refractivity contribution in [3.8, 4) is 0 Å². The minimum Gasteiger partial charge on any atom is -0.330 e. The molecule has 0 bridgehead atoms. The fourth-order valence-electron chi connectivity index (χ4n) is 1.69. The number of hydrogen-bond acceptors (Lipinski definition) is 3. The molecule has 6 heteroatoms. The van der Waals surface area contributed by atoms with Crippen molar-refractivity contribution in [2.45, 2.75) is 52.5 Å². The zero-order chi connectivity index (χ0) is 14.2. The molecule has 2 N–H and O–H groups in total. The molecule has 0 fully saturated rings. The van der Waals surface area contributed by atoms with E-state index in [0.29, 0.717) is 26.1 Å². The van der Waals surface area contributed by atoms with E-state index in [-0.39, 0.29) is 6.04 Å². The molecule has 0 saturated heterocycles. The van der Waals surface area contributed by atoms with Gasteiger partial charge in [0.1, 0.15) is 0 Å². The second-order valence-electron chi connectivity index (χ2n) is 4.69. The second-order valence-corrected chi connectivity index (χ2v) is 6.68. The molecule has 0 heterocycles. The second kappa shape index (κ2) is 8.85. The molecule has 0 amide bonds. The van der Waals surface area contributed by atoms with Gasteiger partial charge in [0, 0.05) is 26.2 Å². The molecule has 110 valence electrons. The molecule has 1 unspecified atom stereocenters. The Morgan fingerprint density at radius 3 is 2.22 bits per heavy atom. The van der Waals surface area contributed by atoms with Gasteiger partial charge in [-0.3, -0.25) is 0 Å². The van der Waals surface area contributed by atoms with Crippen LogP contribution < -0.4 is 5.73 Å². The first-order chi connectivity index (χ1) is 8.41. The molecule has 0 aromatic carbocycles. The highest BCUT2D eigenvalue weighted by molar-refractivity contribution is 7.86. The predicted molar refractivity (Wildman–Crippen MR) is 76.6 cm³/mol. The van der Waals surface area contributed by atoms with Crippen LogP contribution >= 0.6 is 0 Å². The normalized spacial score (nSPS) is 14.4. The van der Waals surface area contributed by atoms with Crippen LogP contribution in [0, 0.1) is 0 Å². The number of nitrogens with two attached hydrogens (primary N) is 1. The van der Waals surface area contributed by atoms with Gasteiger partial charge in [-0.15, -0.1) is 0 Å². The first kappa shape index (κ1) is 17.8. The van der Waals surface area contributed by atoms with Crippen LogP contribution in [0.1, 0.15) is 46.5 Å².